The first kappa shape index (κ1) is 15.6. The van der Waals surface area contributed by atoms with E-state index in [1.54, 1.807) is 6.92 Å². The van der Waals surface area contributed by atoms with Crippen LogP contribution in [0, 0.1) is 6.92 Å². The number of anilines is 1. The molecule has 0 fully saturated rings. The monoisotopic (exact) mass is 309 g/mol. The Morgan fingerprint density at radius 3 is 2.48 bits per heavy atom. The van der Waals surface area contributed by atoms with Crippen molar-refractivity contribution in [2.75, 3.05) is 5.32 Å². The average molecular weight is 309 g/mol. The first-order valence-electron chi connectivity index (χ1n) is 8.28. The zero-order chi connectivity index (χ0) is 16.2. The van der Waals surface area contributed by atoms with Gasteiger partial charge in [-0.1, -0.05) is 23.8 Å². The Balaban J connectivity index is 1.62. The molecule has 3 nitrogen and oxygen atoms in total. The van der Waals surface area contributed by atoms with Crippen molar-refractivity contribution in [3.63, 3.8) is 0 Å². The summed E-state index contributed by atoms with van der Waals surface area (Å²) in [7, 11) is 0. The number of benzene rings is 2. The van der Waals surface area contributed by atoms with Crippen LogP contribution in [0.2, 0.25) is 0 Å². The van der Waals surface area contributed by atoms with Gasteiger partial charge in [-0.05, 0) is 74.9 Å². The summed E-state index contributed by atoms with van der Waals surface area (Å²) in [6, 6.07) is 13.9. The fourth-order valence-corrected chi connectivity index (χ4v) is 2.92. The van der Waals surface area contributed by atoms with E-state index in [1.807, 2.05) is 37.3 Å². The molecule has 0 radical (unpaired) electrons. The number of ether oxygens (including phenoxy) is 1. The molecule has 23 heavy (non-hydrogen) atoms. The summed E-state index contributed by atoms with van der Waals surface area (Å²) in [6.07, 6.45) is 4.23. The summed E-state index contributed by atoms with van der Waals surface area (Å²) in [5.74, 6) is 0.642. The van der Waals surface area contributed by atoms with E-state index >= 15 is 0 Å². The third-order valence-corrected chi connectivity index (χ3v) is 4.32. The number of hydrogen-bond acceptors (Lipinski definition) is 2. The van der Waals surface area contributed by atoms with E-state index in [1.165, 1.54) is 29.5 Å². The lowest BCUT2D eigenvalue weighted by Gasteiger charge is -2.19. The summed E-state index contributed by atoms with van der Waals surface area (Å²) < 4.78 is 5.83. The zero-order valence-electron chi connectivity index (χ0n) is 13.8. The highest BCUT2D eigenvalue weighted by molar-refractivity contribution is 5.94. The first-order chi connectivity index (χ1) is 11.1. The van der Waals surface area contributed by atoms with Gasteiger partial charge in [-0.2, -0.15) is 0 Å². The molecule has 0 aliphatic heterocycles. The lowest BCUT2D eigenvalue weighted by molar-refractivity contribution is -0.122. The molecule has 0 bridgehead atoms. The molecule has 1 unspecified atom stereocenters. The van der Waals surface area contributed by atoms with Crippen LogP contribution in [-0.2, 0) is 17.6 Å². The van der Waals surface area contributed by atoms with Gasteiger partial charge in [0.15, 0.2) is 6.10 Å². The van der Waals surface area contributed by atoms with Crippen molar-refractivity contribution in [3.05, 3.63) is 59.2 Å². The number of nitrogens with one attached hydrogen (secondary N) is 1. The van der Waals surface area contributed by atoms with E-state index in [9.17, 15) is 4.79 Å². The number of aryl methyl sites for hydroxylation is 3. The molecule has 3 rings (SSSR count). The van der Waals surface area contributed by atoms with Gasteiger partial charge in [0.05, 0.1) is 0 Å². The summed E-state index contributed by atoms with van der Waals surface area (Å²) in [4.78, 5) is 12.3. The molecule has 3 heteroatoms. The predicted molar refractivity (Wildman–Crippen MR) is 93.0 cm³/mol. The van der Waals surface area contributed by atoms with Crippen LogP contribution >= 0.6 is 0 Å². The van der Waals surface area contributed by atoms with Gasteiger partial charge in [0.25, 0.3) is 5.91 Å². The summed E-state index contributed by atoms with van der Waals surface area (Å²) in [5, 5.41) is 2.89. The molecular weight excluding hydrogens is 286 g/mol. The Morgan fingerprint density at radius 2 is 1.74 bits per heavy atom. The average Bonchev–Trinajstić information content (AvgIpc) is 2.56. The van der Waals surface area contributed by atoms with E-state index in [0.29, 0.717) is 0 Å². The van der Waals surface area contributed by atoms with Crippen molar-refractivity contribution in [3.8, 4) is 5.75 Å². The molecule has 120 valence electrons. The van der Waals surface area contributed by atoms with Crippen molar-refractivity contribution in [2.24, 2.45) is 0 Å². The van der Waals surface area contributed by atoms with Crippen LogP contribution in [0.15, 0.2) is 42.5 Å². The molecule has 2 aromatic rings. The summed E-state index contributed by atoms with van der Waals surface area (Å²) >= 11 is 0. The normalized spacial score (nSPS) is 14.7. The third kappa shape index (κ3) is 3.92. The van der Waals surface area contributed by atoms with Crippen LogP contribution in [0.3, 0.4) is 0 Å². The minimum absolute atomic E-state index is 0.133. The Bertz CT molecular complexity index is 691. The van der Waals surface area contributed by atoms with Crippen molar-refractivity contribution < 1.29 is 9.53 Å². The van der Waals surface area contributed by atoms with Gasteiger partial charge in [-0.15, -0.1) is 0 Å². The van der Waals surface area contributed by atoms with E-state index in [2.05, 4.69) is 17.4 Å². The van der Waals surface area contributed by atoms with Gasteiger partial charge in [0.2, 0.25) is 0 Å². The van der Waals surface area contributed by atoms with Gasteiger partial charge in [0, 0.05) is 5.69 Å². The highest BCUT2D eigenvalue weighted by atomic mass is 16.5. The molecule has 0 saturated carbocycles. The number of rotatable bonds is 4. The van der Waals surface area contributed by atoms with Crippen LogP contribution in [0.1, 0.15) is 36.5 Å². The van der Waals surface area contributed by atoms with Gasteiger partial charge < -0.3 is 10.1 Å². The number of hydrogen-bond donors (Lipinski definition) is 1. The van der Waals surface area contributed by atoms with Crippen molar-refractivity contribution >= 4 is 11.6 Å². The van der Waals surface area contributed by atoms with Gasteiger partial charge in [-0.3, -0.25) is 4.79 Å². The molecule has 0 aromatic heterocycles. The highest BCUT2D eigenvalue weighted by Gasteiger charge is 2.16. The topological polar surface area (TPSA) is 38.3 Å². The molecule has 1 amide bonds. The molecule has 0 heterocycles. The zero-order valence-corrected chi connectivity index (χ0v) is 13.8. The third-order valence-electron chi connectivity index (χ3n) is 4.32. The fourth-order valence-electron chi connectivity index (χ4n) is 2.92. The number of carbonyl (C=O) groups is 1. The first-order valence-corrected chi connectivity index (χ1v) is 8.28. The van der Waals surface area contributed by atoms with E-state index in [-0.39, 0.29) is 5.91 Å². The second kappa shape index (κ2) is 6.86. The van der Waals surface area contributed by atoms with Crippen molar-refractivity contribution in [1.82, 2.24) is 0 Å². The molecule has 1 atom stereocenters. The smallest absolute Gasteiger partial charge is 0.265 e. The SMILES string of the molecule is Cc1ccc(NC(=O)C(C)Oc2ccc3c(c2)CCCC3)cc1. The second-order valence-corrected chi connectivity index (χ2v) is 6.25. The van der Waals surface area contributed by atoms with Crippen molar-refractivity contribution in [1.29, 1.82) is 0 Å². The molecule has 1 aliphatic carbocycles. The number of amides is 1. The number of fused-ring (bicyclic) bond motifs is 1. The maximum Gasteiger partial charge on any atom is 0.265 e. The lowest BCUT2D eigenvalue weighted by atomic mass is 9.92. The minimum Gasteiger partial charge on any atom is -0.481 e. The molecular formula is C20H23NO2. The van der Waals surface area contributed by atoms with Gasteiger partial charge in [-0.25, -0.2) is 0 Å². The van der Waals surface area contributed by atoms with Crippen LogP contribution in [0.4, 0.5) is 5.69 Å². The fraction of sp³-hybridized carbons (Fsp3) is 0.350. The molecule has 1 aliphatic rings. The number of carbonyl (C=O) groups excluding carboxylic acids is 1. The second-order valence-electron chi connectivity index (χ2n) is 6.25. The standard InChI is InChI=1S/C20H23NO2/c1-14-7-10-18(11-8-14)21-20(22)15(2)23-19-12-9-16-5-3-4-6-17(16)13-19/h7-13,15H,3-6H2,1-2H3,(H,21,22). The maximum absolute atomic E-state index is 12.3. The summed E-state index contributed by atoms with van der Waals surface area (Å²) in [5.41, 5.74) is 4.74. The largest absolute Gasteiger partial charge is 0.481 e. The van der Waals surface area contributed by atoms with E-state index in [4.69, 9.17) is 4.74 Å². The van der Waals surface area contributed by atoms with E-state index < -0.39 is 6.10 Å². The van der Waals surface area contributed by atoms with Gasteiger partial charge >= 0.3 is 0 Å². The van der Waals surface area contributed by atoms with Crippen LogP contribution < -0.4 is 10.1 Å². The van der Waals surface area contributed by atoms with E-state index in [0.717, 1.165) is 24.3 Å². The van der Waals surface area contributed by atoms with Crippen LogP contribution in [0.5, 0.6) is 5.75 Å². The van der Waals surface area contributed by atoms with Crippen LogP contribution in [0.25, 0.3) is 0 Å². The maximum atomic E-state index is 12.3. The Hall–Kier alpha value is -2.29. The Labute approximate surface area is 137 Å². The molecule has 0 spiro atoms. The van der Waals surface area contributed by atoms with Crippen molar-refractivity contribution in [2.45, 2.75) is 45.6 Å². The Kier molecular flexibility index (Phi) is 4.65. The predicted octanol–water partition coefficient (Wildman–Crippen LogP) is 4.28. The summed E-state index contributed by atoms with van der Waals surface area (Å²) in [6.45, 7) is 3.80. The molecule has 1 N–H and O–H groups in total. The lowest BCUT2D eigenvalue weighted by Crippen LogP contribution is -2.30. The van der Waals surface area contributed by atoms with Crippen LogP contribution in [-0.4, -0.2) is 12.0 Å². The molecule has 2 aromatic carbocycles. The Morgan fingerprint density at radius 1 is 1.04 bits per heavy atom. The minimum atomic E-state index is -0.530. The quantitative estimate of drug-likeness (QED) is 0.915. The van der Waals surface area contributed by atoms with Gasteiger partial charge in [0.1, 0.15) is 5.75 Å². The molecule has 0 saturated heterocycles. The highest BCUT2D eigenvalue weighted by Crippen LogP contribution is 2.26.